The van der Waals surface area contributed by atoms with E-state index < -0.39 is 24.4 Å². The van der Waals surface area contributed by atoms with Gasteiger partial charge in [0.25, 0.3) is 5.91 Å². The van der Waals surface area contributed by atoms with Crippen LogP contribution in [0.2, 0.25) is 5.02 Å². The fourth-order valence-corrected chi connectivity index (χ4v) is 2.79. The molecule has 0 bridgehead atoms. The Labute approximate surface area is 197 Å². The number of nitrogens with zero attached hydrogens (tertiary/aromatic N) is 2. The molecule has 1 amide bonds. The van der Waals surface area contributed by atoms with E-state index in [0.717, 1.165) is 23.0 Å². The highest BCUT2D eigenvalue weighted by molar-refractivity contribution is 6.32. The number of hydrogen-bond donors (Lipinski definition) is 2. The molecule has 0 unspecified atom stereocenters. The fourth-order valence-electron chi connectivity index (χ4n) is 2.57. The van der Waals surface area contributed by atoms with Crippen LogP contribution in [0.4, 0.5) is 13.2 Å². The largest absolute Gasteiger partial charge is 0.508 e. The summed E-state index contributed by atoms with van der Waals surface area (Å²) in [6, 6.07) is 13.7. The smallest absolute Gasteiger partial charge is 0.435 e. The third kappa shape index (κ3) is 8.09. The summed E-state index contributed by atoms with van der Waals surface area (Å²) in [7, 11) is 1.22. The zero-order chi connectivity index (χ0) is 25.1. The summed E-state index contributed by atoms with van der Waals surface area (Å²) in [6.07, 6.45) is -2.47. The van der Waals surface area contributed by atoms with Crippen molar-refractivity contribution in [1.29, 1.82) is 0 Å². The monoisotopic (exact) mass is 499 g/mol. The number of phenolic OH excluding ortho intramolecular Hbond substituents is 1. The summed E-state index contributed by atoms with van der Waals surface area (Å²) in [6.45, 7) is -0.554. The fraction of sp³-hybridized carbons (Fsp3) is 0.227. The Morgan fingerprint density at radius 1 is 1.21 bits per heavy atom. The molecule has 8 nitrogen and oxygen atoms in total. The number of amides is 1. The quantitative estimate of drug-likeness (QED) is 0.357. The van der Waals surface area contributed by atoms with Gasteiger partial charge in [-0.05, 0) is 36.2 Å². The molecule has 1 heterocycles. The molecule has 0 atom stereocenters. The molecule has 0 radical (unpaired) electrons. The maximum Gasteiger partial charge on any atom is 0.435 e. The van der Waals surface area contributed by atoms with Crippen molar-refractivity contribution in [3.8, 4) is 17.3 Å². The van der Waals surface area contributed by atoms with Crippen molar-refractivity contribution in [3.05, 3.63) is 70.9 Å². The van der Waals surface area contributed by atoms with Crippen LogP contribution in [-0.4, -0.2) is 40.8 Å². The molecule has 0 spiro atoms. The Morgan fingerprint density at radius 3 is 2.47 bits per heavy atom. The van der Waals surface area contributed by atoms with Crippen LogP contribution >= 0.6 is 11.6 Å². The third-order valence-electron chi connectivity index (χ3n) is 4.10. The number of para-hydroxylation sites is 1. The zero-order valence-electron chi connectivity index (χ0n) is 17.9. The van der Waals surface area contributed by atoms with Gasteiger partial charge in [-0.2, -0.15) is 23.0 Å². The van der Waals surface area contributed by atoms with E-state index in [0.29, 0.717) is 12.5 Å². The lowest BCUT2D eigenvalue weighted by Crippen LogP contribution is -2.28. The van der Waals surface area contributed by atoms with Gasteiger partial charge in [0, 0.05) is 12.5 Å². The van der Waals surface area contributed by atoms with E-state index in [1.54, 1.807) is 24.3 Å². The summed E-state index contributed by atoms with van der Waals surface area (Å²) < 4.78 is 44.5. The molecule has 3 aromatic rings. The molecule has 2 N–H and O–H groups in total. The van der Waals surface area contributed by atoms with E-state index >= 15 is 0 Å². The normalized spacial score (nSPS) is 10.7. The van der Waals surface area contributed by atoms with E-state index in [4.69, 9.17) is 21.4 Å². The number of hydroxylamine groups is 1. The first kappa shape index (κ1) is 26.7. The molecule has 182 valence electrons. The number of aldehydes is 1. The van der Waals surface area contributed by atoms with E-state index in [2.05, 4.69) is 9.94 Å². The first-order chi connectivity index (χ1) is 16.2. The molecule has 0 aliphatic carbocycles. The number of rotatable bonds is 8. The van der Waals surface area contributed by atoms with Crippen LogP contribution in [-0.2, 0) is 27.0 Å². The topological polar surface area (TPSA) is 103 Å². The van der Waals surface area contributed by atoms with E-state index in [1.807, 2.05) is 17.6 Å². The van der Waals surface area contributed by atoms with Gasteiger partial charge in [0.1, 0.15) is 12.0 Å². The number of aryl methyl sites for hydroxylation is 1. The van der Waals surface area contributed by atoms with Gasteiger partial charge in [0.2, 0.25) is 5.88 Å². The number of nitrogens with one attached hydrogen (secondary N) is 1. The average Bonchev–Trinajstić information content (AvgIpc) is 3.23. The van der Waals surface area contributed by atoms with Crippen molar-refractivity contribution in [2.45, 2.75) is 19.0 Å². The van der Waals surface area contributed by atoms with Crippen molar-refractivity contribution in [2.24, 2.45) is 0 Å². The SMILES string of the molecule is CONC(=O)COc1cc(C(F)(F)F)nn1-c1ccccc1Cl.O=CCCc1ccc(O)cc1. The van der Waals surface area contributed by atoms with E-state index in [-0.39, 0.29) is 22.3 Å². The molecule has 2 aromatic carbocycles. The molecule has 0 saturated heterocycles. The maximum absolute atomic E-state index is 12.9. The minimum atomic E-state index is -4.67. The van der Waals surface area contributed by atoms with Gasteiger partial charge in [-0.25, -0.2) is 5.48 Å². The van der Waals surface area contributed by atoms with Crippen molar-refractivity contribution >= 4 is 23.8 Å². The Kier molecular flexibility index (Phi) is 9.90. The van der Waals surface area contributed by atoms with Crippen LogP contribution in [0.3, 0.4) is 0 Å². The molecule has 34 heavy (non-hydrogen) atoms. The number of phenols is 1. The molecule has 0 fully saturated rings. The van der Waals surface area contributed by atoms with Crippen LogP contribution < -0.4 is 10.2 Å². The lowest BCUT2D eigenvalue weighted by Gasteiger charge is -2.10. The van der Waals surface area contributed by atoms with Crippen LogP contribution in [0.25, 0.3) is 5.69 Å². The Hall–Kier alpha value is -3.57. The number of hydrogen-bond acceptors (Lipinski definition) is 6. The van der Waals surface area contributed by atoms with E-state index in [1.165, 1.54) is 19.2 Å². The molecule has 0 aliphatic heterocycles. The highest BCUT2D eigenvalue weighted by Crippen LogP contribution is 2.33. The number of aromatic nitrogens is 2. The average molecular weight is 500 g/mol. The summed E-state index contributed by atoms with van der Waals surface area (Å²) in [4.78, 5) is 25.7. The first-order valence-corrected chi connectivity index (χ1v) is 10.1. The number of benzene rings is 2. The molecule has 1 aromatic heterocycles. The van der Waals surface area contributed by atoms with Crippen molar-refractivity contribution in [2.75, 3.05) is 13.7 Å². The Balaban J connectivity index is 0.000000310. The number of halogens is 4. The Bertz CT molecular complexity index is 1090. The summed E-state index contributed by atoms with van der Waals surface area (Å²) in [5, 5.41) is 12.5. The second-order valence-corrected chi connectivity index (χ2v) is 7.03. The zero-order valence-corrected chi connectivity index (χ0v) is 18.6. The van der Waals surface area contributed by atoms with Gasteiger partial charge in [-0.3, -0.25) is 9.63 Å². The molecule has 0 aliphatic rings. The van der Waals surface area contributed by atoms with Gasteiger partial charge < -0.3 is 14.6 Å². The van der Waals surface area contributed by atoms with Crippen molar-refractivity contribution in [1.82, 2.24) is 15.3 Å². The standard InChI is InChI=1S/C13H11ClF3N3O3.C9H10O2/c1-22-19-11(21)7-23-12-6-10(13(15,16)17)18-20(12)9-5-3-2-4-8(9)14;10-7-1-2-8-3-5-9(11)6-4-8/h2-6H,7H2,1H3,(H,19,21);3-7,11H,1-2H2. The Morgan fingerprint density at radius 2 is 1.88 bits per heavy atom. The van der Waals surface area contributed by atoms with Crippen LogP contribution in [0.1, 0.15) is 17.7 Å². The second-order valence-electron chi connectivity index (χ2n) is 6.62. The van der Waals surface area contributed by atoms with Gasteiger partial charge in [-0.15, -0.1) is 0 Å². The van der Waals surface area contributed by atoms with E-state index in [9.17, 15) is 22.8 Å². The summed E-state index contributed by atoms with van der Waals surface area (Å²) >= 11 is 5.97. The predicted octanol–water partition coefficient (Wildman–Crippen LogP) is 4.12. The van der Waals surface area contributed by atoms with Gasteiger partial charge in [0.15, 0.2) is 12.3 Å². The molecular formula is C22H21ClF3N3O5. The minimum Gasteiger partial charge on any atom is -0.508 e. The number of carbonyl (C=O) groups is 2. The molecule has 3 rings (SSSR count). The van der Waals surface area contributed by atoms with Gasteiger partial charge in [-0.1, -0.05) is 35.9 Å². The van der Waals surface area contributed by atoms with Crippen LogP contribution in [0.15, 0.2) is 54.6 Å². The summed E-state index contributed by atoms with van der Waals surface area (Å²) in [5.41, 5.74) is 2.08. The lowest BCUT2D eigenvalue weighted by atomic mass is 10.1. The second kappa shape index (κ2) is 12.6. The third-order valence-corrected chi connectivity index (χ3v) is 4.42. The van der Waals surface area contributed by atoms with Gasteiger partial charge in [0.05, 0.1) is 17.8 Å². The number of alkyl halides is 3. The number of carbonyl (C=O) groups excluding carboxylic acids is 2. The van der Waals surface area contributed by atoms with Crippen molar-refractivity contribution < 1.29 is 37.4 Å². The number of ether oxygens (including phenoxy) is 1. The molecule has 12 heteroatoms. The predicted molar refractivity (Wildman–Crippen MR) is 117 cm³/mol. The van der Waals surface area contributed by atoms with Gasteiger partial charge >= 0.3 is 6.18 Å². The van der Waals surface area contributed by atoms with Crippen molar-refractivity contribution in [3.63, 3.8) is 0 Å². The minimum absolute atomic E-state index is 0.176. The van der Waals surface area contributed by atoms with Crippen LogP contribution in [0, 0.1) is 0 Å². The summed E-state index contributed by atoms with van der Waals surface area (Å²) in [5.74, 6) is -0.690. The lowest BCUT2D eigenvalue weighted by molar-refractivity contribution is -0.141. The molecular weight excluding hydrogens is 479 g/mol. The maximum atomic E-state index is 12.9. The molecule has 0 saturated carbocycles. The number of aromatic hydroxyl groups is 1. The first-order valence-electron chi connectivity index (χ1n) is 9.74. The highest BCUT2D eigenvalue weighted by Gasteiger charge is 2.36. The highest BCUT2D eigenvalue weighted by atomic mass is 35.5. The van der Waals surface area contributed by atoms with Crippen LogP contribution in [0.5, 0.6) is 11.6 Å².